The Hall–Kier alpha value is -1.95. The minimum Gasteiger partial charge on any atom is -0.467 e. The van der Waals surface area contributed by atoms with Gasteiger partial charge >= 0.3 is 0 Å². The average Bonchev–Trinajstić information content (AvgIpc) is 2.86. The maximum atomic E-state index is 13.1. The van der Waals surface area contributed by atoms with Crippen LogP contribution in [0.25, 0.3) is 0 Å². The number of nitrogens with two attached hydrogens (primary N) is 1. The van der Waals surface area contributed by atoms with E-state index in [1.54, 1.807) is 24.5 Å². The van der Waals surface area contributed by atoms with Gasteiger partial charge in [-0.05, 0) is 30.3 Å². The van der Waals surface area contributed by atoms with Crippen molar-refractivity contribution in [2.24, 2.45) is 0 Å². The van der Waals surface area contributed by atoms with E-state index >= 15 is 0 Å². The molecule has 0 unspecified atom stereocenters. The van der Waals surface area contributed by atoms with Crippen LogP contribution in [0.2, 0.25) is 0 Å². The summed E-state index contributed by atoms with van der Waals surface area (Å²) in [5.74, 6) is 0.333. The molecule has 1 heterocycles. The predicted octanol–water partition coefficient (Wildman–Crippen LogP) is 2.41. The molecule has 0 fully saturated rings. The first kappa shape index (κ1) is 13.5. The van der Waals surface area contributed by atoms with E-state index in [9.17, 15) is 9.18 Å². The summed E-state index contributed by atoms with van der Waals surface area (Å²) in [6.45, 7) is 0.345. The Kier molecular flexibility index (Phi) is 4.46. The molecule has 0 radical (unpaired) electrons. The fraction of sp³-hybridized carbons (Fsp3) is 0.154. The number of thioether (sulfide) groups is 1. The number of anilines is 1. The monoisotopic (exact) mass is 280 g/mol. The Labute approximate surface area is 114 Å². The molecule has 2 rings (SSSR count). The zero-order valence-corrected chi connectivity index (χ0v) is 10.9. The van der Waals surface area contributed by atoms with Crippen molar-refractivity contribution in [2.45, 2.75) is 11.4 Å². The molecule has 2 aromatic rings. The number of benzene rings is 1. The summed E-state index contributed by atoms with van der Waals surface area (Å²) in [6.07, 6.45) is 1.55. The van der Waals surface area contributed by atoms with E-state index in [0.717, 1.165) is 0 Å². The molecule has 100 valence electrons. The molecule has 6 heteroatoms. The second-order valence-electron chi connectivity index (χ2n) is 3.87. The number of nitrogen functional groups attached to an aromatic ring is 1. The lowest BCUT2D eigenvalue weighted by Gasteiger charge is -2.04. The van der Waals surface area contributed by atoms with Crippen LogP contribution < -0.4 is 11.1 Å². The normalized spacial score (nSPS) is 10.4. The van der Waals surface area contributed by atoms with Crippen LogP contribution in [0, 0.1) is 5.82 Å². The first-order chi connectivity index (χ1) is 9.13. The van der Waals surface area contributed by atoms with Gasteiger partial charge in [0.1, 0.15) is 11.6 Å². The van der Waals surface area contributed by atoms with Crippen molar-refractivity contribution in [3.8, 4) is 0 Å². The number of halogens is 1. The molecule has 0 bridgehead atoms. The molecule has 0 aliphatic rings. The molecule has 0 saturated carbocycles. The predicted molar refractivity (Wildman–Crippen MR) is 72.1 cm³/mol. The molecule has 1 aromatic carbocycles. The Bertz CT molecular complexity index is 538. The maximum Gasteiger partial charge on any atom is 0.230 e. The SMILES string of the molecule is Nc1cc(F)cc(SCC(=O)NCc2ccco2)c1. The summed E-state index contributed by atoms with van der Waals surface area (Å²) in [4.78, 5) is 12.2. The summed E-state index contributed by atoms with van der Waals surface area (Å²) < 4.78 is 18.2. The van der Waals surface area contributed by atoms with Gasteiger partial charge < -0.3 is 15.5 Å². The standard InChI is InChI=1S/C13H13FN2O2S/c14-9-4-10(15)6-12(5-9)19-8-13(17)16-7-11-2-1-3-18-11/h1-6H,7-8,15H2,(H,16,17). The second kappa shape index (κ2) is 6.29. The zero-order valence-electron chi connectivity index (χ0n) is 10.1. The van der Waals surface area contributed by atoms with Gasteiger partial charge in [0.2, 0.25) is 5.91 Å². The maximum absolute atomic E-state index is 13.1. The van der Waals surface area contributed by atoms with Gasteiger partial charge in [0.15, 0.2) is 0 Å². The van der Waals surface area contributed by atoms with Crippen LogP contribution in [0.1, 0.15) is 5.76 Å². The van der Waals surface area contributed by atoms with Crippen molar-refractivity contribution < 1.29 is 13.6 Å². The summed E-state index contributed by atoms with van der Waals surface area (Å²) >= 11 is 1.23. The number of amides is 1. The molecule has 0 saturated heterocycles. The van der Waals surface area contributed by atoms with Gasteiger partial charge in [0.25, 0.3) is 0 Å². The minimum absolute atomic E-state index is 0.149. The Balaban J connectivity index is 1.79. The van der Waals surface area contributed by atoms with Crippen LogP contribution in [-0.4, -0.2) is 11.7 Å². The summed E-state index contributed by atoms with van der Waals surface area (Å²) in [7, 11) is 0. The fourth-order valence-corrected chi connectivity index (χ4v) is 2.28. The molecule has 0 aliphatic carbocycles. The summed E-state index contributed by atoms with van der Waals surface area (Å²) in [5, 5.41) is 2.71. The summed E-state index contributed by atoms with van der Waals surface area (Å²) in [5.41, 5.74) is 5.87. The Morgan fingerprint density at radius 3 is 2.95 bits per heavy atom. The molecule has 3 N–H and O–H groups in total. The number of hydrogen-bond donors (Lipinski definition) is 2. The molecule has 4 nitrogen and oxygen atoms in total. The highest BCUT2D eigenvalue weighted by Crippen LogP contribution is 2.21. The van der Waals surface area contributed by atoms with E-state index < -0.39 is 5.82 Å². The number of nitrogens with one attached hydrogen (secondary N) is 1. The van der Waals surface area contributed by atoms with Crippen LogP contribution in [0.3, 0.4) is 0 Å². The van der Waals surface area contributed by atoms with Crippen LogP contribution in [0.4, 0.5) is 10.1 Å². The van der Waals surface area contributed by atoms with Crippen LogP contribution in [0.5, 0.6) is 0 Å². The van der Waals surface area contributed by atoms with Gasteiger partial charge in [0.05, 0.1) is 18.6 Å². The lowest BCUT2D eigenvalue weighted by molar-refractivity contribution is -0.118. The topological polar surface area (TPSA) is 68.3 Å². The van der Waals surface area contributed by atoms with E-state index in [0.29, 0.717) is 22.9 Å². The second-order valence-corrected chi connectivity index (χ2v) is 4.91. The highest BCUT2D eigenvalue weighted by Gasteiger charge is 2.05. The molecular formula is C13H13FN2O2S. The third-order valence-corrected chi connectivity index (χ3v) is 3.28. The zero-order chi connectivity index (χ0) is 13.7. The molecular weight excluding hydrogens is 267 g/mol. The van der Waals surface area contributed by atoms with Gasteiger partial charge in [-0.2, -0.15) is 0 Å². The minimum atomic E-state index is -0.404. The van der Waals surface area contributed by atoms with Crippen molar-refractivity contribution in [1.82, 2.24) is 5.32 Å². The Morgan fingerprint density at radius 2 is 2.26 bits per heavy atom. The number of carbonyl (C=O) groups is 1. The van der Waals surface area contributed by atoms with Crippen molar-refractivity contribution in [2.75, 3.05) is 11.5 Å². The van der Waals surface area contributed by atoms with Crippen molar-refractivity contribution >= 4 is 23.4 Å². The highest BCUT2D eigenvalue weighted by molar-refractivity contribution is 8.00. The van der Waals surface area contributed by atoms with Crippen LogP contribution in [-0.2, 0) is 11.3 Å². The van der Waals surface area contributed by atoms with Gasteiger partial charge in [-0.1, -0.05) is 0 Å². The van der Waals surface area contributed by atoms with Gasteiger partial charge in [-0.3, -0.25) is 4.79 Å². The fourth-order valence-electron chi connectivity index (χ4n) is 1.47. The summed E-state index contributed by atoms with van der Waals surface area (Å²) in [6, 6.07) is 7.75. The van der Waals surface area contributed by atoms with Crippen molar-refractivity contribution in [3.05, 3.63) is 48.2 Å². The highest BCUT2D eigenvalue weighted by atomic mass is 32.2. The lowest BCUT2D eigenvalue weighted by atomic mass is 10.3. The smallest absolute Gasteiger partial charge is 0.230 e. The average molecular weight is 280 g/mol. The Morgan fingerprint density at radius 1 is 1.42 bits per heavy atom. The first-order valence-electron chi connectivity index (χ1n) is 5.61. The number of rotatable bonds is 5. The lowest BCUT2D eigenvalue weighted by Crippen LogP contribution is -2.24. The molecule has 0 atom stereocenters. The van der Waals surface area contributed by atoms with E-state index in [1.807, 2.05) is 0 Å². The van der Waals surface area contributed by atoms with Crippen LogP contribution >= 0.6 is 11.8 Å². The van der Waals surface area contributed by atoms with Crippen molar-refractivity contribution in [3.63, 3.8) is 0 Å². The number of carbonyl (C=O) groups excluding carboxylic acids is 1. The molecule has 1 aromatic heterocycles. The molecule has 0 spiro atoms. The largest absolute Gasteiger partial charge is 0.467 e. The van der Waals surface area contributed by atoms with E-state index in [-0.39, 0.29) is 11.7 Å². The van der Waals surface area contributed by atoms with Gasteiger partial charge in [0, 0.05) is 10.6 Å². The van der Waals surface area contributed by atoms with Gasteiger partial charge in [-0.15, -0.1) is 11.8 Å². The van der Waals surface area contributed by atoms with Crippen molar-refractivity contribution in [1.29, 1.82) is 0 Å². The third-order valence-electron chi connectivity index (χ3n) is 2.30. The number of hydrogen-bond acceptors (Lipinski definition) is 4. The van der Waals surface area contributed by atoms with E-state index in [1.165, 1.54) is 23.9 Å². The van der Waals surface area contributed by atoms with Gasteiger partial charge in [-0.25, -0.2) is 4.39 Å². The molecule has 0 aliphatic heterocycles. The van der Waals surface area contributed by atoms with E-state index in [4.69, 9.17) is 10.2 Å². The van der Waals surface area contributed by atoms with Crippen LogP contribution in [0.15, 0.2) is 45.9 Å². The molecule has 19 heavy (non-hydrogen) atoms. The third kappa shape index (κ3) is 4.33. The quantitative estimate of drug-likeness (QED) is 0.652. The molecule has 1 amide bonds. The van der Waals surface area contributed by atoms with E-state index in [2.05, 4.69) is 5.32 Å². The number of furan rings is 1. The first-order valence-corrected chi connectivity index (χ1v) is 6.60.